The number of hydrogen-bond acceptors (Lipinski definition) is 4. The SMILES string of the molecule is COC(C)c1nccc(CO)n1. The topological polar surface area (TPSA) is 55.2 Å². The zero-order chi connectivity index (χ0) is 8.97. The van der Waals surface area contributed by atoms with Crippen LogP contribution in [0.1, 0.15) is 24.5 Å². The smallest absolute Gasteiger partial charge is 0.157 e. The normalized spacial score (nSPS) is 12.9. The fourth-order valence-electron chi connectivity index (χ4n) is 0.802. The van der Waals surface area contributed by atoms with E-state index in [1.54, 1.807) is 19.4 Å². The number of methoxy groups -OCH3 is 1. The third-order valence-electron chi connectivity index (χ3n) is 1.61. The van der Waals surface area contributed by atoms with Crippen LogP contribution in [-0.4, -0.2) is 22.2 Å². The highest BCUT2D eigenvalue weighted by atomic mass is 16.5. The van der Waals surface area contributed by atoms with Gasteiger partial charge in [-0.15, -0.1) is 0 Å². The summed E-state index contributed by atoms with van der Waals surface area (Å²) in [6, 6.07) is 1.67. The second-order valence-corrected chi connectivity index (χ2v) is 2.44. The van der Waals surface area contributed by atoms with Crippen molar-refractivity contribution in [3.8, 4) is 0 Å². The fraction of sp³-hybridized carbons (Fsp3) is 0.500. The highest BCUT2D eigenvalue weighted by Crippen LogP contribution is 2.09. The van der Waals surface area contributed by atoms with Gasteiger partial charge in [-0.3, -0.25) is 0 Å². The molecule has 4 heteroatoms. The Labute approximate surface area is 71.2 Å². The molecule has 0 saturated heterocycles. The van der Waals surface area contributed by atoms with Crippen LogP contribution in [0, 0.1) is 0 Å². The molecule has 1 rings (SSSR count). The number of aromatic nitrogens is 2. The lowest BCUT2D eigenvalue weighted by molar-refractivity contribution is 0.111. The quantitative estimate of drug-likeness (QED) is 0.721. The molecule has 0 aliphatic heterocycles. The van der Waals surface area contributed by atoms with E-state index in [1.165, 1.54) is 0 Å². The molecule has 0 aliphatic rings. The van der Waals surface area contributed by atoms with Gasteiger partial charge in [0, 0.05) is 13.3 Å². The third kappa shape index (κ3) is 1.99. The molecule has 0 fully saturated rings. The molecule has 1 aromatic rings. The minimum Gasteiger partial charge on any atom is -0.390 e. The Morgan fingerprint density at radius 2 is 2.42 bits per heavy atom. The van der Waals surface area contributed by atoms with Crippen LogP contribution in [0.2, 0.25) is 0 Å². The highest BCUT2D eigenvalue weighted by molar-refractivity contribution is 5.02. The van der Waals surface area contributed by atoms with Gasteiger partial charge >= 0.3 is 0 Å². The van der Waals surface area contributed by atoms with E-state index in [2.05, 4.69) is 9.97 Å². The first-order valence-corrected chi connectivity index (χ1v) is 3.73. The lowest BCUT2D eigenvalue weighted by atomic mass is 10.3. The average Bonchev–Trinajstić information content (AvgIpc) is 2.17. The molecular formula is C8H12N2O2. The second-order valence-electron chi connectivity index (χ2n) is 2.44. The highest BCUT2D eigenvalue weighted by Gasteiger charge is 2.06. The number of hydrogen-bond donors (Lipinski definition) is 1. The summed E-state index contributed by atoms with van der Waals surface area (Å²) in [6.07, 6.45) is 1.49. The Balaban J connectivity index is 2.86. The van der Waals surface area contributed by atoms with Gasteiger partial charge in [-0.05, 0) is 13.0 Å². The van der Waals surface area contributed by atoms with Gasteiger partial charge in [0.15, 0.2) is 5.82 Å². The van der Waals surface area contributed by atoms with Crippen molar-refractivity contribution in [2.24, 2.45) is 0 Å². The van der Waals surface area contributed by atoms with Crippen LogP contribution in [0.5, 0.6) is 0 Å². The van der Waals surface area contributed by atoms with E-state index >= 15 is 0 Å². The molecular weight excluding hydrogens is 156 g/mol. The number of rotatable bonds is 3. The van der Waals surface area contributed by atoms with Crippen LogP contribution in [0.4, 0.5) is 0 Å². The molecule has 0 radical (unpaired) electrons. The predicted octanol–water partition coefficient (Wildman–Crippen LogP) is 0.676. The summed E-state index contributed by atoms with van der Waals surface area (Å²) in [5.74, 6) is 0.601. The van der Waals surface area contributed by atoms with Crippen LogP contribution in [0.3, 0.4) is 0 Å². The van der Waals surface area contributed by atoms with Crippen LogP contribution >= 0.6 is 0 Å². The molecule has 0 saturated carbocycles. The van der Waals surface area contributed by atoms with Gasteiger partial charge in [0.1, 0.15) is 6.10 Å². The zero-order valence-electron chi connectivity index (χ0n) is 7.19. The number of nitrogens with zero attached hydrogens (tertiary/aromatic N) is 2. The molecule has 0 bridgehead atoms. The minimum atomic E-state index is -0.128. The van der Waals surface area contributed by atoms with Crippen molar-refractivity contribution in [3.63, 3.8) is 0 Å². The Bertz CT molecular complexity index is 253. The maximum absolute atomic E-state index is 8.79. The Morgan fingerprint density at radius 1 is 1.67 bits per heavy atom. The standard InChI is InChI=1S/C8H12N2O2/c1-6(12-2)8-9-4-3-7(5-11)10-8/h3-4,6,11H,5H2,1-2H3. The Hall–Kier alpha value is -1.00. The van der Waals surface area contributed by atoms with E-state index in [-0.39, 0.29) is 12.7 Å². The Morgan fingerprint density at radius 3 is 3.00 bits per heavy atom. The van der Waals surface area contributed by atoms with Gasteiger partial charge in [-0.2, -0.15) is 0 Å². The third-order valence-corrected chi connectivity index (χ3v) is 1.61. The molecule has 1 aromatic heterocycles. The van der Waals surface area contributed by atoms with Gasteiger partial charge in [-0.25, -0.2) is 9.97 Å². The van der Waals surface area contributed by atoms with Crippen molar-refractivity contribution < 1.29 is 9.84 Å². The summed E-state index contributed by atoms with van der Waals surface area (Å²) in [5.41, 5.74) is 0.615. The van der Waals surface area contributed by atoms with E-state index in [4.69, 9.17) is 9.84 Å². The van der Waals surface area contributed by atoms with Crippen molar-refractivity contribution >= 4 is 0 Å². The van der Waals surface area contributed by atoms with Crippen LogP contribution < -0.4 is 0 Å². The molecule has 12 heavy (non-hydrogen) atoms. The van der Waals surface area contributed by atoms with E-state index in [9.17, 15) is 0 Å². The monoisotopic (exact) mass is 168 g/mol. The van der Waals surface area contributed by atoms with Crippen LogP contribution in [0.25, 0.3) is 0 Å². The maximum atomic E-state index is 8.79. The molecule has 1 heterocycles. The van der Waals surface area contributed by atoms with Crippen LogP contribution in [-0.2, 0) is 11.3 Å². The molecule has 66 valence electrons. The summed E-state index contributed by atoms with van der Waals surface area (Å²) in [5, 5.41) is 8.79. The molecule has 1 unspecified atom stereocenters. The van der Waals surface area contributed by atoms with E-state index in [0.29, 0.717) is 11.5 Å². The number of aliphatic hydroxyl groups is 1. The van der Waals surface area contributed by atoms with Crippen molar-refractivity contribution in [3.05, 3.63) is 23.8 Å². The first kappa shape index (κ1) is 9.09. The van der Waals surface area contributed by atoms with Gasteiger partial charge in [0.25, 0.3) is 0 Å². The summed E-state index contributed by atoms with van der Waals surface area (Å²) in [4.78, 5) is 8.09. The number of ether oxygens (including phenoxy) is 1. The van der Waals surface area contributed by atoms with Gasteiger partial charge in [0.2, 0.25) is 0 Å². The molecule has 0 amide bonds. The molecule has 1 N–H and O–H groups in total. The van der Waals surface area contributed by atoms with Crippen molar-refractivity contribution in [1.29, 1.82) is 0 Å². The van der Waals surface area contributed by atoms with Crippen LogP contribution in [0.15, 0.2) is 12.3 Å². The molecule has 1 atom stereocenters. The fourth-order valence-corrected chi connectivity index (χ4v) is 0.802. The number of aliphatic hydroxyl groups excluding tert-OH is 1. The van der Waals surface area contributed by atoms with Gasteiger partial charge in [-0.1, -0.05) is 0 Å². The predicted molar refractivity (Wildman–Crippen MR) is 43.4 cm³/mol. The van der Waals surface area contributed by atoms with E-state index < -0.39 is 0 Å². The molecule has 0 spiro atoms. The molecule has 4 nitrogen and oxygen atoms in total. The second kappa shape index (κ2) is 4.13. The average molecular weight is 168 g/mol. The minimum absolute atomic E-state index is 0.0635. The first-order valence-electron chi connectivity index (χ1n) is 3.73. The summed E-state index contributed by atoms with van der Waals surface area (Å²) >= 11 is 0. The molecule has 0 aromatic carbocycles. The lowest BCUT2D eigenvalue weighted by Gasteiger charge is -2.07. The largest absolute Gasteiger partial charge is 0.390 e. The Kier molecular flexibility index (Phi) is 3.13. The van der Waals surface area contributed by atoms with Gasteiger partial charge < -0.3 is 9.84 Å². The summed E-state index contributed by atoms with van der Waals surface area (Å²) < 4.78 is 5.03. The van der Waals surface area contributed by atoms with Crippen molar-refractivity contribution in [2.45, 2.75) is 19.6 Å². The van der Waals surface area contributed by atoms with E-state index in [1.807, 2.05) is 6.92 Å². The molecule has 0 aliphatic carbocycles. The van der Waals surface area contributed by atoms with E-state index in [0.717, 1.165) is 0 Å². The first-order chi connectivity index (χ1) is 5.77. The van der Waals surface area contributed by atoms with Gasteiger partial charge in [0.05, 0.1) is 12.3 Å². The summed E-state index contributed by atoms with van der Waals surface area (Å²) in [6.45, 7) is 1.79. The summed E-state index contributed by atoms with van der Waals surface area (Å²) in [7, 11) is 1.60. The van der Waals surface area contributed by atoms with Crippen molar-refractivity contribution in [2.75, 3.05) is 7.11 Å². The lowest BCUT2D eigenvalue weighted by Crippen LogP contribution is -2.04. The zero-order valence-corrected chi connectivity index (χ0v) is 7.19. The van der Waals surface area contributed by atoms with Crippen molar-refractivity contribution in [1.82, 2.24) is 9.97 Å². The maximum Gasteiger partial charge on any atom is 0.157 e.